The number of anilines is 2. The Morgan fingerprint density at radius 3 is 2.68 bits per heavy atom. The fourth-order valence-corrected chi connectivity index (χ4v) is 1.73. The molecule has 0 heterocycles. The maximum atomic E-state index is 11.4. The molecule has 0 spiro atoms. The molecular weight excluding hydrogens is 246 g/mol. The quantitative estimate of drug-likeness (QED) is 0.451. The van der Waals surface area contributed by atoms with Crippen molar-refractivity contribution in [3.8, 4) is 0 Å². The summed E-state index contributed by atoms with van der Waals surface area (Å²) in [5.74, 6) is -0.747. The van der Waals surface area contributed by atoms with Gasteiger partial charge in [0.15, 0.2) is 0 Å². The molecule has 1 fully saturated rings. The Balaban J connectivity index is 1.80. The van der Waals surface area contributed by atoms with E-state index in [2.05, 4.69) is 10.6 Å². The molecule has 102 valence electrons. The Morgan fingerprint density at radius 1 is 1.32 bits per heavy atom. The van der Waals surface area contributed by atoms with E-state index in [1.807, 2.05) is 0 Å². The van der Waals surface area contributed by atoms with Crippen molar-refractivity contribution in [1.82, 2.24) is 5.32 Å². The van der Waals surface area contributed by atoms with Gasteiger partial charge >= 0.3 is 5.97 Å². The highest BCUT2D eigenvalue weighted by Gasteiger charge is 2.28. The minimum Gasteiger partial charge on any atom is -0.478 e. The first-order chi connectivity index (χ1) is 9.08. The van der Waals surface area contributed by atoms with Crippen LogP contribution in [-0.4, -0.2) is 30.1 Å². The van der Waals surface area contributed by atoms with Crippen molar-refractivity contribution >= 4 is 23.3 Å². The predicted octanol–water partition coefficient (Wildman–Crippen LogP) is 0.905. The van der Waals surface area contributed by atoms with Crippen molar-refractivity contribution in [3.05, 3.63) is 23.8 Å². The van der Waals surface area contributed by atoms with Crippen molar-refractivity contribution < 1.29 is 14.7 Å². The minimum absolute atomic E-state index is 0.0759. The van der Waals surface area contributed by atoms with Gasteiger partial charge in [-0.25, -0.2) is 4.79 Å². The standard InChI is InChI=1S/C13H17N3O3/c14-11-4-3-9(7-10(11)13(18)19)15-5-6-16-12(17)8-1-2-8/h3-4,7-8,15H,1-2,5-6,14H2,(H,16,17)(H,18,19). The van der Waals surface area contributed by atoms with Gasteiger partial charge in [0.2, 0.25) is 5.91 Å². The molecule has 2 rings (SSSR count). The average Bonchev–Trinajstić information content (AvgIpc) is 3.20. The Hall–Kier alpha value is -2.24. The third-order valence-corrected chi connectivity index (χ3v) is 2.99. The van der Waals surface area contributed by atoms with Crippen molar-refractivity contribution in [2.24, 2.45) is 5.92 Å². The van der Waals surface area contributed by atoms with Crippen LogP contribution in [0.3, 0.4) is 0 Å². The summed E-state index contributed by atoms with van der Waals surface area (Å²) in [6.45, 7) is 1.06. The number of nitrogens with two attached hydrogens (primary N) is 1. The van der Waals surface area contributed by atoms with Gasteiger partial charge in [-0.2, -0.15) is 0 Å². The number of hydrogen-bond acceptors (Lipinski definition) is 4. The van der Waals surface area contributed by atoms with Crippen molar-refractivity contribution in [2.75, 3.05) is 24.1 Å². The summed E-state index contributed by atoms with van der Waals surface area (Å²) >= 11 is 0. The number of amides is 1. The highest BCUT2D eigenvalue weighted by Crippen LogP contribution is 2.28. The van der Waals surface area contributed by atoms with E-state index >= 15 is 0 Å². The molecule has 6 heteroatoms. The van der Waals surface area contributed by atoms with Gasteiger partial charge in [-0.15, -0.1) is 0 Å². The van der Waals surface area contributed by atoms with E-state index in [4.69, 9.17) is 10.8 Å². The minimum atomic E-state index is -1.05. The first-order valence-electron chi connectivity index (χ1n) is 6.22. The number of carbonyl (C=O) groups is 2. The number of nitrogen functional groups attached to an aromatic ring is 1. The van der Waals surface area contributed by atoms with E-state index in [1.165, 1.54) is 6.07 Å². The zero-order valence-electron chi connectivity index (χ0n) is 10.5. The van der Waals surface area contributed by atoms with Gasteiger partial charge in [-0.3, -0.25) is 4.79 Å². The van der Waals surface area contributed by atoms with Crippen molar-refractivity contribution in [3.63, 3.8) is 0 Å². The van der Waals surface area contributed by atoms with Crippen molar-refractivity contribution in [1.29, 1.82) is 0 Å². The molecule has 0 atom stereocenters. The lowest BCUT2D eigenvalue weighted by atomic mass is 10.1. The number of aromatic carboxylic acids is 1. The molecule has 0 bridgehead atoms. The number of carbonyl (C=O) groups excluding carboxylic acids is 1. The number of carboxylic acids is 1. The molecule has 0 aromatic heterocycles. The smallest absolute Gasteiger partial charge is 0.337 e. The molecule has 5 N–H and O–H groups in total. The van der Waals surface area contributed by atoms with Crippen LogP contribution in [0, 0.1) is 5.92 Å². The highest BCUT2D eigenvalue weighted by atomic mass is 16.4. The molecule has 1 aromatic rings. The summed E-state index contributed by atoms with van der Waals surface area (Å²) in [4.78, 5) is 22.3. The normalized spacial score (nSPS) is 13.9. The summed E-state index contributed by atoms with van der Waals surface area (Å²) < 4.78 is 0. The lowest BCUT2D eigenvalue weighted by Gasteiger charge is -2.09. The first kappa shape index (κ1) is 13.2. The van der Waals surface area contributed by atoms with Gasteiger partial charge in [-0.1, -0.05) is 0 Å². The molecule has 1 saturated carbocycles. The molecule has 1 amide bonds. The van der Waals surface area contributed by atoms with Crippen LogP contribution >= 0.6 is 0 Å². The molecule has 0 unspecified atom stereocenters. The maximum Gasteiger partial charge on any atom is 0.337 e. The molecule has 0 aliphatic heterocycles. The third kappa shape index (κ3) is 3.61. The summed E-state index contributed by atoms with van der Waals surface area (Å²) in [5, 5.41) is 14.8. The van der Waals surface area contributed by atoms with E-state index in [9.17, 15) is 9.59 Å². The number of nitrogens with one attached hydrogen (secondary N) is 2. The Morgan fingerprint density at radius 2 is 2.05 bits per heavy atom. The summed E-state index contributed by atoms with van der Waals surface area (Å²) in [6.07, 6.45) is 1.97. The molecular formula is C13H17N3O3. The Kier molecular flexibility index (Phi) is 3.89. The topological polar surface area (TPSA) is 104 Å². The van der Waals surface area contributed by atoms with Crippen LogP contribution in [0.2, 0.25) is 0 Å². The Labute approximate surface area is 111 Å². The second-order valence-corrected chi connectivity index (χ2v) is 4.60. The van der Waals surface area contributed by atoms with Gasteiger partial charge < -0.3 is 21.5 Å². The van der Waals surface area contributed by atoms with E-state index in [-0.39, 0.29) is 23.1 Å². The van der Waals surface area contributed by atoms with Crippen LogP contribution < -0.4 is 16.4 Å². The molecule has 0 saturated heterocycles. The largest absolute Gasteiger partial charge is 0.478 e. The van der Waals surface area contributed by atoms with E-state index in [1.54, 1.807) is 12.1 Å². The molecule has 1 aliphatic carbocycles. The van der Waals surface area contributed by atoms with Gasteiger partial charge in [0.1, 0.15) is 0 Å². The first-order valence-corrected chi connectivity index (χ1v) is 6.22. The fraction of sp³-hybridized carbons (Fsp3) is 0.385. The fourth-order valence-electron chi connectivity index (χ4n) is 1.73. The SMILES string of the molecule is Nc1ccc(NCCNC(=O)C2CC2)cc1C(=O)O. The van der Waals surface area contributed by atoms with Crippen LogP contribution in [0.4, 0.5) is 11.4 Å². The number of carboxylic acid groups (broad SMARTS) is 1. The molecule has 1 aliphatic rings. The van der Waals surface area contributed by atoms with Crippen LogP contribution in [0.1, 0.15) is 23.2 Å². The second kappa shape index (κ2) is 5.60. The molecule has 6 nitrogen and oxygen atoms in total. The van der Waals surface area contributed by atoms with Crippen LogP contribution in [0.25, 0.3) is 0 Å². The zero-order valence-corrected chi connectivity index (χ0v) is 10.5. The van der Waals surface area contributed by atoms with E-state index in [0.29, 0.717) is 18.8 Å². The summed E-state index contributed by atoms with van der Waals surface area (Å²) in [7, 11) is 0. The maximum absolute atomic E-state index is 11.4. The zero-order chi connectivity index (χ0) is 13.8. The lowest BCUT2D eigenvalue weighted by Crippen LogP contribution is -2.29. The van der Waals surface area contributed by atoms with Crippen LogP contribution in [0.5, 0.6) is 0 Å². The molecule has 19 heavy (non-hydrogen) atoms. The predicted molar refractivity (Wildman–Crippen MR) is 72.0 cm³/mol. The van der Waals surface area contributed by atoms with Gasteiger partial charge in [-0.05, 0) is 31.0 Å². The van der Waals surface area contributed by atoms with Gasteiger partial charge in [0, 0.05) is 30.4 Å². The van der Waals surface area contributed by atoms with E-state index < -0.39 is 5.97 Å². The lowest BCUT2D eigenvalue weighted by molar-refractivity contribution is -0.122. The second-order valence-electron chi connectivity index (χ2n) is 4.60. The molecule has 0 radical (unpaired) electrons. The third-order valence-electron chi connectivity index (χ3n) is 2.99. The number of rotatable bonds is 6. The van der Waals surface area contributed by atoms with Gasteiger partial charge in [0.25, 0.3) is 0 Å². The number of hydrogen-bond donors (Lipinski definition) is 4. The summed E-state index contributed by atoms with van der Waals surface area (Å²) in [6, 6.07) is 4.75. The van der Waals surface area contributed by atoms with Gasteiger partial charge in [0.05, 0.1) is 5.56 Å². The highest BCUT2D eigenvalue weighted by molar-refractivity contribution is 5.94. The van der Waals surface area contributed by atoms with Crippen molar-refractivity contribution in [2.45, 2.75) is 12.8 Å². The monoisotopic (exact) mass is 263 g/mol. The van der Waals surface area contributed by atoms with Crippen LogP contribution in [0.15, 0.2) is 18.2 Å². The van der Waals surface area contributed by atoms with Crippen LogP contribution in [-0.2, 0) is 4.79 Å². The number of benzene rings is 1. The molecule has 1 aromatic carbocycles. The van der Waals surface area contributed by atoms with E-state index in [0.717, 1.165) is 12.8 Å². The summed E-state index contributed by atoms with van der Waals surface area (Å²) in [5.41, 5.74) is 6.55. The Bertz CT molecular complexity index is 498. The average molecular weight is 263 g/mol.